The zero-order chi connectivity index (χ0) is 24.3. The Morgan fingerprint density at radius 1 is 1.14 bits per heavy atom. The molecule has 2 aromatic carbocycles. The normalized spacial score (nSPS) is 17.6. The lowest BCUT2D eigenvalue weighted by molar-refractivity contribution is -0.384. The highest BCUT2D eigenvalue weighted by Gasteiger charge is 2.48. The smallest absolute Gasteiger partial charge is 0.301 e. The number of non-ortho nitro benzene ring substituents is 1. The fourth-order valence-electron chi connectivity index (χ4n) is 4.28. The number of aliphatic hydroxyl groups is 1. The van der Waals surface area contributed by atoms with E-state index in [1.165, 1.54) is 34.4 Å². The number of benzene rings is 2. The summed E-state index contributed by atoms with van der Waals surface area (Å²) in [6.45, 7) is 0. The number of aliphatic hydroxyl groups excluding tert-OH is 1. The van der Waals surface area contributed by atoms with Gasteiger partial charge in [-0.2, -0.15) is 0 Å². The van der Waals surface area contributed by atoms with E-state index in [9.17, 15) is 24.8 Å². The summed E-state index contributed by atoms with van der Waals surface area (Å²) in [5, 5.41) is 25.3. The van der Waals surface area contributed by atoms with Crippen LogP contribution in [-0.4, -0.2) is 31.7 Å². The minimum absolute atomic E-state index is 0.0348. The minimum atomic E-state index is -0.890. The summed E-state index contributed by atoms with van der Waals surface area (Å²) in [4.78, 5) is 46.8. The van der Waals surface area contributed by atoms with Crippen LogP contribution >= 0.6 is 22.7 Å². The van der Waals surface area contributed by atoms with Gasteiger partial charge in [0.25, 0.3) is 11.5 Å². The molecule has 2 N–H and O–H groups in total. The number of nitro benzene ring substituents is 1. The van der Waals surface area contributed by atoms with E-state index >= 15 is 0 Å². The molecular weight excluding hydrogens is 488 g/mol. The molecule has 11 heteroatoms. The van der Waals surface area contributed by atoms with Crippen molar-refractivity contribution in [3.8, 4) is 0 Å². The van der Waals surface area contributed by atoms with Gasteiger partial charge in [-0.05, 0) is 23.6 Å². The van der Waals surface area contributed by atoms with Crippen molar-refractivity contribution < 1.29 is 19.6 Å². The summed E-state index contributed by atoms with van der Waals surface area (Å²) in [7, 11) is 0. The van der Waals surface area contributed by atoms with Crippen LogP contribution in [0.5, 0.6) is 0 Å². The summed E-state index contributed by atoms with van der Waals surface area (Å²) in [6, 6.07) is 14.3. The molecule has 35 heavy (non-hydrogen) atoms. The van der Waals surface area contributed by atoms with E-state index < -0.39 is 22.7 Å². The number of nitrogens with one attached hydrogen (secondary N) is 1. The number of fused-ring (bicyclic) bond motifs is 2. The Bertz CT molecular complexity index is 1700. The van der Waals surface area contributed by atoms with Crippen molar-refractivity contribution in [3.05, 3.63) is 92.3 Å². The SMILES string of the molecule is O=C1C(=O)N(c2nc3ccc([N+](=O)[O-])cc3s2)C(c2cccs2)/C1=C(\O)c1c[nH]c2ccccc12. The summed E-state index contributed by atoms with van der Waals surface area (Å²) >= 11 is 2.42. The average Bonchev–Trinajstić information content (AvgIpc) is 3.64. The van der Waals surface area contributed by atoms with Crippen molar-refractivity contribution >= 4 is 72.1 Å². The minimum Gasteiger partial charge on any atom is -0.507 e. The monoisotopic (exact) mass is 502 g/mol. The van der Waals surface area contributed by atoms with E-state index in [2.05, 4.69) is 9.97 Å². The summed E-state index contributed by atoms with van der Waals surface area (Å²) in [5.41, 5.74) is 1.54. The number of carbonyl (C=O) groups excluding carboxylic acids is 2. The largest absolute Gasteiger partial charge is 0.507 e. The number of aromatic amines is 1. The highest BCUT2D eigenvalue weighted by molar-refractivity contribution is 7.22. The number of para-hydroxylation sites is 1. The molecule has 1 atom stereocenters. The third-order valence-electron chi connectivity index (χ3n) is 5.88. The van der Waals surface area contributed by atoms with Crippen molar-refractivity contribution in [3.63, 3.8) is 0 Å². The molecule has 1 aliphatic heterocycles. The fraction of sp³-hybridized carbons (Fsp3) is 0.0417. The van der Waals surface area contributed by atoms with Crippen molar-refractivity contribution in [2.24, 2.45) is 0 Å². The first kappa shape index (κ1) is 21.2. The molecule has 3 aromatic heterocycles. The zero-order valence-electron chi connectivity index (χ0n) is 17.7. The number of thiazole rings is 1. The van der Waals surface area contributed by atoms with Gasteiger partial charge in [0.05, 0.1) is 20.7 Å². The number of Topliss-reactive ketones (excluding diaryl/α,β-unsaturated/α-hetero) is 1. The number of aromatic nitrogens is 2. The first-order valence-corrected chi connectivity index (χ1v) is 12.1. The third-order valence-corrected chi connectivity index (χ3v) is 7.82. The van der Waals surface area contributed by atoms with Gasteiger partial charge in [-0.25, -0.2) is 4.98 Å². The molecule has 1 unspecified atom stereocenters. The Balaban J connectivity index is 1.55. The Morgan fingerprint density at radius 2 is 1.97 bits per heavy atom. The lowest BCUT2D eigenvalue weighted by atomic mass is 9.99. The Kier molecular flexibility index (Phi) is 4.76. The second-order valence-electron chi connectivity index (χ2n) is 7.84. The van der Waals surface area contributed by atoms with E-state index in [1.807, 2.05) is 29.6 Å². The first-order valence-electron chi connectivity index (χ1n) is 10.4. The summed E-state index contributed by atoms with van der Waals surface area (Å²) in [5.74, 6) is -1.92. The van der Waals surface area contributed by atoms with Gasteiger partial charge in [0, 0.05) is 39.7 Å². The van der Waals surface area contributed by atoms with Crippen LogP contribution < -0.4 is 4.90 Å². The highest BCUT2D eigenvalue weighted by Crippen LogP contribution is 2.46. The molecule has 0 aliphatic carbocycles. The van der Waals surface area contributed by atoms with Gasteiger partial charge < -0.3 is 10.1 Å². The number of rotatable bonds is 4. The number of carbonyl (C=O) groups is 2. The molecule has 9 nitrogen and oxygen atoms in total. The standard InChI is InChI=1S/C24H14N4O5S2/c29-21(14-11-25-15-5-2-1-4-13(14)15)19-20(17-6-3-9-34-17)27(23(31)22(19)30)24-26-16-8-7-12(28(32)33)10-18(16)35-24/h1-11,20,25,29H/b21-19+. The lowest BCUT2D eigenvalue weighted by Crippen LogP contribution is -2.28. The number of hydrogen-bond donors (Lipinski definition) is 2. The molecule has 5 aromatic rings. The predicted octanol–water partition coefficient (Wildman–Crippen LogP) is 5.37. The molecule has 0 radical (unpaired) electrons. The van der Waals surface area contributed by atoms with E-state index in [0.717, 1.165) is 16.9 Å². The van der Waals surface area contributed by atoms with Crippen LogP contribution in [0.2, 0.25) is 0 Å². The first-order chi connectivity index (χ1) is 16.9. The Labute approximate surface area is 204 Å². The second-order valence-corrected chi connectivity index (χ2v) is 9.83. The summed E-state index contributed by atoms with van der Waals surface area (Å²) in [6.07, 6.45) is 1.61. The van der Waals surface area contributed by atoms with Gasteiger partial charge in [0.15, 0.2) is 5.13 Å². The van der Waals surface area contributed by atoms with E-state index in [0.29, 0.717) is 26.0 Å². The van der Waals surface area contributed by atoms with Crippen LogP contribution in [0.3, 0.4) is 0 Å². The Hall–Kier alpha value is -4.35. The highest BCUT2D eigenvalue weighted by atomic mass is 32.1. The maximum absolute atomic E-state index is 13.3. The fourth-order valence-corrected chi connectivity index (χ4v) is 6.12. The number of nitro groups is 1. The molecule has 4 heterocycles. The zero-order valence-corrected chi connectivity index (χ0v) is 19.3. The molecule has 0 saturated carbocycles. The average molecular weight is 503 g/mol. The predicted molar refractivity (Wildman–Crippen MR) is 134 cm³/mol. The van der Waals surface area contributed by atoms with Crippen LogP contribution in [0.15, 0.2) is 71.7 Å². The van der Waals surface area contributed by atoms with Crippen LogP contribution in [0.4, 0.5) is 10.8 Å². The van der Waals surface area contributed by atoms with Gasteiger partial charge in [-0.15, -0.1) is 11.3 Å². The van der Waals surface area contributed by atoms with E-state index in [-0.39, 0.29) is 22.2 Å². The molecule has 1 fully saturated rings. The molecule has 172 valence electrons. The molecule has 1 amide bonds. The third kappa shape index (κ3) is 3.24. The van der Waals surface area contributed by atoms with E-state index in [4.69, 9.17) is 0 Å². The quantitative estimate of drug-likeness (QED) is 0.112. The van der Waals surface area contributed by atoms with Crippen molar-refractivity contribution in [1.82, 2.24) is 9.97 Å². The number of hydrogen-bond acceptors (Lipinski definition) is 8. The lowest BCUT2D eigenvalue weighted by Gasteiger charge is -2.21. The van der Waals surface area contributed by atoms with Gasteiger partial charge in [0.1, 0.15) is 11.8 Å². The maximum Gasteiger partial charge on any atom is 0.301 e. The molecule has 1 saturated heterocycles. The van der Waals surface area contributed by atoms with Gasteiger partial charge in [-0.3, -0.25) is 24.6 Å². The number of H-pyrrole nitrogens is 1. The van der Waals surface area contributed by atoms with Crippen LogP contribution in [0.25, 0.3) is 26.9 Å². The van der Waals surface area contributed by atoms with Crippen LogP contribution in [-0.2, 0) is 9.59 Å². The van der Waals surface area contributed by atoms with Crippen molar-refractivity contribution in [2.75, 3.05) is 4.90 Å². The molecule has 6 rings (SSSR count). The molecule has 0 bridgehead atoms. The van der Waals surface area contributed by atoms with E-state index in [1.54, 1.807) is 18.3 Å². The number of amides is 1. The van der Waals surface area contributed by atoms with Crippen molar-refractivity contribution in [2.45, 2.75) is 6.04 Å². The Morgan fingerprint density at radius 3 is 2.74 bits per heavy atom. The maximum atomic E-state index is 13.3. The number of ketones is 1. The number of nitrogens with zero attached hydrogens (tertiary/aromatic N) is 3. The molecule has 1 aliphatic rings. The van der Waals surface area contributed by atoms with Crippen LogP contribution in [0, 0.1) is 10.1 Å². The van der Waals surface area contributed by atoms with Gasteiger partial charge in [0.2, 0.25) is 0 Å². The molecule has 0 spiro atoms. The number of anilines is 1. The number of thiophene rings is 1. The second kappa shape index (κ2) is 7.86. The van der Waals surface area contributed by atoms with Crippen LogP contribution in [0.1, 0.15) is 16.5 Å². The topological polar surface area (TPSA) is 129 Å². The van der Waals surface area contributed by atoms with Gasteiger partial charge >= 0.3 is 5.91 Å². The van der Waals surface area contributed by atoms with Gasteiger partial charge in [-0.1, -0.05) is 35.6 Å². The molecular formula is C24H14N4O5S2. The van der Waals surface area contributed by atoms with Crippen molar-refractivity contribution in [1.29, 1.82) is 0 Å². The summed E-state index contributed by atoms with van der Waals surface area (Å²) < 4.78 is 0.512.